The number of anilines is 1. The Kier molecular flexibility index (Phi) is 2.13. The SMILES string of the molecule is COC(=O)c1ccc(N)c2c1COC2. The first-order valence-electron chi connectivity index (χ1n) is 4.30. The van der Waals surface area contributed by atoms with Gasteiger partial charge in [-0.1, -0.05) is 0 Å². The average Bonchev–Trinajstić information content (AvgIpc) is 2.67. The minimum absolute atomic E-state index is 0.341. The number of carbonyl (C=O) groups is 1. The predicted octanol–water partition coefficient (Wildman–Crippen LogP) is 1.09. The molecule has 0 atom stereocenters. The van der Waals surface area contributed by atoms with Gasteiger partial charge in [-0.25, -0.2) is 4.79 Å². The molecule has 0 unspecified atom stereocenters. The van der Waals surface area contributed by atoms with E-state index in [9.17, 15) is 4.79 Å². The van der Waals surface area contributed by atoms with E-state index >= 15 is 0 Å². The zero-order valence-electron chi connectivity index (χ0n) is 7.87. The van der Waals surface area contributed by atoms with E-state index in [4.69, 9.17) is 10.5 Å². The Morgan fingerprint density at radius 1 is 1.43 bits per heavy atom. The fraction of sp³-hybridized carbons (Fsp3) is 0.300. The zero-order chi connectivity index (χ0) is 10.1. The molecule has 0 aliphatic carbocycles. The molecule has 1 aromatic rings. The van der Waals surface area contributed by atoms with Crippen molar-refractivity contribution in [1.82, 2.24) is 0 Å². The Labute approximate surface area is 81.6 Å². The van der Waals surface area contributed by atoms with Crippen LogP contribution in [-0.4, -0.2) is 13.1 Å². The number of nitrogens with two attached hydrogens (primary N) is 1. The largest absolute Gasteiger partial charge is 0.465 e. The number of ether oxygens (including phenoxy) is 2. The highest BCUT2D eigenvalue weighted by Crippen LogP contribution is 2.28. The smallest absolute Gasteiger partial charge is 0.338 e. The quantitative estimate of drug-likeness (QED) is 0.535. The first-order valence-corrected chi connectivity index (χ1v) is 4.30. The summed E-state index contributed by atoms with van der Waals surface area (Å²) in [6.07, 6.45) is 0. The monoisotopic (exact) mass is 193 g/mol. The second-order valence-corrected chi connectivity index (χ2v) is 3.14. The van der Waals surface area contributed by atoms with Gasteiger partial charge in [0.1, 0.15) is 0 Å². The fourth-order valence-electron chi connectivity index (χ4n) is 1.60. The predicted molar refractivity (Wildman–Crippen MR) is 50.7 cm³/mol. The number of rotatable bonds is 1. The van der Waals surface area contributed by atoms with Crippen LogP contribution in [0.3, 0.4) is 0 Å². The van der Waals surface area contributed by atoms with E-state index in [0.717, 1.165) is 11.1 Å². The number of fused-ring (bicyclic) bond motifs is 1. The second kappa shape index (κ2) is 3.31. The third-order valence-corrected chi connectivity index (χ3v) is 2.37. The lowest BCUT2D eigenvalue weighted by molar-refractivity contribution is 0.0596. The van der Waals surface area contributed by atoms with Gasteiger partial charge in [-0.3, -0.25) is 0 Å². The van der Waals surface area contributed by atoms with Crippen LogP contribution in [0.5, 0.6) is 0 Å². The molecule has 0 fully saturated rings. The number of hydrogen-bond donors (Lipinski definition) is 1. The van der Waals surface area contributed by atoms with Gasteiger partial charge in [0.05, 0.1) is 25.9 Å². The lowest BCUT2D eigenvalue weighted by atomic mass is 10.0. The summed E-state index contributed by atoms with van der Waals surface area (Å²) in [6, 6.07) is 3.38. The number of carbonyl (C=O) groups excluding carboxylic acids is 1. The highest BCUT2D eigenvalue weighted by molar-refractivity contribution is 5.92. The fourth-order valence-corrected chi connectivity index (χ4v) is 1.60. The van der Waals surface area contributed by atoms with Crippen LogP contribution in [0.4, 0.5) is 5.69 Å². The summed E-state index contributed by atoms with van der Waals surface area (Å²) in [7, 11) is 1.36. The number of benzene rings is 1. The van der Waals surface area contributed by atoms with Crippen LogP contribution in [-0.2, 0) is 22.7 Å². The molecule has 1 aromatic carbocycles. The van der Waals surface area contributed by atoms with Crippen molar-refractivity contribution in [1.29, 1.82) is 0 Å². The third kappa shape index (κ3) is 1.24. The molecule has 2 N–H and O–H groups in total. The molecule has 1 heterocycles. The van der Waals surface area contributed by atoms with Gasteiger partial charge < -0.3 is 15.2 Å². The molecule has 0 saturated carbocycles. The van der Waals surface area contributed by atoms with E-state index in [1.54, 1.807) is 12.1 Å². The van der Waals surface area contributed by atoms with Crippen molar-refractivity contribution in [3.8, 4) is 0 Å². The van der Waals surface area contributed by atoms with Crippen LogP contribution in [0.2, 0.25) is 0 Å². The lowest BCUT2D eigenvalue weighted by Crippen LogP contribution is -2.06. The van der Waals surface area contributed by atoms with Crippen molar-refractivity contribution in [3.63, 3.8) is 0 Å². The second-order valence-electron chi connectivity index (χ2n) is 3.14. The van der Waals surface area contributed by atoms with Gasteiger partial charge in [0.15, 0.2) is 0 Å². The molecular weight excluding hydrogens is 182 g/mol. The number of hydrogen-bond acceptors (Lipinski definition) is 4. The summed E-state index contributed by atoms with van der Waals surface area (Å²) in [6.45, 7) is 0.913. The molecule has 0 spiro atoms. The Morgan fingerprint density at radius 3 is 2.86 bits per heavy atom. The summed E-state index contributed by atoms with van der Waals surface area (Å²) >= 11 is 0. The Morgan fingerprint density at radius 2 is 2.14 bits per heavy atom. The van der Waals surface area contributed by atoms with Crippen LogP contribution in [0, 0.1) is 0 Å². The number of methoxy groups -OCH3 is 1. The molecule has 14 heavy (non-hydrogen) atoms. The van der Waals surface area contributed by atoms with E-state index in [1.807, 2.05) is 0 Å². The summed E-state index contributed by atoms with van der Waals surface area (Å²) in [5.41, 5.74) is 8.74. The topological polar surface area (TPSA) is 61.5 Å². The highest BCUT2D eigenvalue weighted by atomic mass is 16.5. The molecule has 0 amide bonds. The maximum Gasteiger partial charge on any atom is 0.338 e. The van der Waals surface area contributed by atoms with E-state index in [-0.39, 0.29) is 5.97 Å². The van der Waals surface area contributed by atoms with Crippen LogP contribution in [0.1, 0.15) is 21.5 Å². The van der Waals surface area contributed by atoms with E-state index in [1.165, 1.54) is 7.11 Å². The highest BCUT2D eigenvalue weighted by Gasteiger charge is 2.21. The zero-order valence-corrected chi connectivity index (χ0v) is 7.87. The molecule has 0 radical (unpaired) electrons. The van der Waals surface area contributed by atoms with E-state index < -0.39 is 0 Å². The molecule has 4 nitrogen and oxygen atoms in total. The van der Waals surface area contributed by atoms with Crippen molar-refractivity contribution in [2.45, 2.75) is 13.2 Å². The molecule has 2 rings (SSSR count). The summed E-state index contributed by atoms with van der Waals surface area (Å²) < 4.78 is 9.91. The van der Waals surface area contributed by atoms with Gasteiger partial charge in [0.2, 0.25) is 0 Å². The van der Waals surface area contributed by atoms with Gasteiger partial charge in [0, 0.05) is 11.3 Å². The molecule has 0 aromatic heterocycles. The Bertz CT molecular complexity index is 387. The number of esters is 1. The van der Waals surface area contributed by atoms with Gasteiger partial charge >= 0.3 is 5.97 Å². The normalized spacial score (nSPS) is 13.8. The first kappa shape index (κ1) is 9.02. The Hall–Kier alpha value is -1.55. The van der Waals surface area contributed by atoms with Crippen LogP contribution < -0.4 is 5.73 Å². The molecular formula is C10H11NO3. The van der Waals surface area contributed by atoms with Crippen LogP contribution >= 0.6 is 0 Å². The van der Waals surface area contributed by atoms with Crippen molar-refractivity contribution in [3.05, 3.63) is 28.8 Å². The van der Waals surface area contributed by atoms with Crippen molar-refractivity contribution < 1.29 is 14.3 Å². The minimum atomic E-state index is -0.341. The van der Waals surface area contributed by atoms with E-state index in [0.29, 0.717) is 24.5 Å². The maximum atomic E-state index is 11.4. The Balaban J connectivity index is 2.53. The van der Waals surface area contributed by atoms with Crippen LogP contribution in [0.15, 0.2) is 12.1 Å². The summed E-state index contributed by atoms with van der Waals surface area (Å²) in [4.78, 5) is 11.4. The number of nitrogen functional groups attached to an aromatic ring is 1. The van der Waals surface area contributed by atoms with Crippen molar-refractivity contribution in [2.24, 2.45) is 0 Å². The minimum Gasteiger partial charge on any atom is -0.465 e. The van der Waals surface area contributed by atoms with Gasteiger partial charge in [-0.15, -0.1) is 0 Å². The van der Waals surface area contributed by atoms with Gasteiger partial charge in [-0.05, 0) is 17.7 Å². The third-order valence-electron chi connectivity index (χ3n) is 2.37. The molecule has 1 aliphatic rings. The average molecular weight is 193 g/mol. The molecule has 74 valence electrons. The molecule has 0 saturated heterocycles. The summed E-state index contributed by atoms with van der Waals surface area (Å²) in [5, 5.41) is 0. The van der Waals surface area contributed by atoms with Gasteiger partial charge in [0.25, 0.3) is 0 Å². The lowest BCUT2D eigenvalue weighted by Gasteiger charge is -2.06. The van der Waals surface area contributed by atoms with Crippen molar-refractivity contribution in [2.75, 3.05) is 12.8 Å². The van der Waals surface area contributed by atoms with Crippen molar-refractivity contribution >= 4 is 11.7 Å². The summed E-state index contributed by atoms with van der Waals surface area (Å²) in [5.74, 6) is -0.341. The van der Waals surface area contributed by atoms with E-state index in [2.05, 4.69) is 4.74 Å². The maximum absolute atomic E-state index is 11.4. The molecule has 0 bridgehead atoms. The molecule has 1 aliphatic heterocycles. The van der Waals surface area contributed by atoms with Gasteiger partial charge in [-0.2, -0.15) is 0 Å². The first-order chi connectivity index (χ1) is 6.74. The molecule has 4 heteroatoms. The van der Waals surface area contributed by atoms with Crippen LogP contribution in [0.25, 0.3) is 0 Å². The standard InChI is InChI=1S/C10H11NO3/c1-13-10(12)6-2-3-9(11)8-5-14-4-7(6)8/h2-3H,4-5,11H2,1H3.